The van der Waals surface area contributed by atoms with Crippen LogP contribution < -0.4 is 14.8 Å². The SMILES string of the molecule is COc1ccc(CC(=O)NC(C)c2cccc(Cl)c2)cc1OC. The Hall–Kier alpha value is -2.20. The van der Waals surface area contributed by atoms with E-state index < -0.39 is 0 Å². The monoisotopic (exact) mass is 333 g/mol. The van der Waals surface area contributed by atoms with Gasteiger partial charge in [0.05, 0.1) is 26.7 Å². The molecule has 0 saturated heterocycles. The quantitative estimate of drug-likeness (QED) is 0.875. The number of carbonyl (C=O) groups is 1. The van der Waals surface area contributed by atoms with Crippen LogP contribution in [0.3, 0.4) is 0 Å². The smallest absolute Gasteiger partial charge is 0.224 e. The Balaban J connectivity index is 2.02. The first-order valence-corrected chi connectivity index (χ1v) is 7.67. The van der Waals surface area contributed by atoms with Crippen LogP contribution in [0.4, 0.5) is 0 Å². The third kappa shape index (κ3) is 4.63. The van der Waals surface area contributed by atoms with Crippen molar-refractivity contribution in [2.75, 3.05) is 14.2 Å². The van der Waals surface area contributed by atoms with Crippen molar-refractivity contribution < 1.29 is 14.3 Å². The Bertz CT molecular complexity index is 688. The van der Waals surface area contributed by atoms with Gasteiger partial charge in [-0.2, -0.15) is 0 Å². The van der Waals surface area contributed by atoms with Gasteiger partial charge in [-0.15, -0.1) is 0 Å². The van der Waals surface area contributed by atoms with E-state index in [0.29, 0.717) is 16.5 Å². The number of hydrogen-bond donors (Lipinski definition) is 1. The molecule has 1 N–H and O–H groups in total. The number of nitrogens with one attached hydrogen (secondary N) is 1. The molecule has 2 aromatic rings. The van der Waals surface area contributed by atoms with Gasteiger partial charge in [-0.25, -0.2) is 0 Å². The summed E-state index contributed by atoms with van der Waals surface area (Å²) in [5.41, 5.74) is 1.83. The summed E-state index contributed by atoms with van der Waals surface area (Å²) in [7, 11) is 3.15. The van der Waals surface area contributed by atoms with Crippen molar-refractivity contribution in [3.63, 3.8) is 0 Å². The average molecular weight is 334 g/mol. The van der Waals surface area contributed by atoms with Crippen molar-refractivity contribution in [2.24, 2.45) is 0 Å². The number of carbonyl (C=O) groups excluding carboxylic acids is 1. The highest BCUT2D eigenvalue weighted by atomic mass is 35.5. The molecule has 0 spiro atoms. The minimum absolute atomic E-state index is 0.0651. The standard InChI is InChI=1S/C18H20ClNO3/c1-12(14-5-4-6-15(19)11-14)20-18(21)10-13-7-8-16(22-2)17(9-13)23-3/h4-9,11-12H,10H2,1-3H3,(H,20,21). The fourth-order valence-corrected chi connectivity index (χ4v) is 2.53. The van der Waals surface area contributed by atoms with Gasteiger partial charge in [0.1, 0.15) is 0 Å². The summed E-state index contributed by atoms with van der Waals surface area (Å²) in [4.78, 5) is 12.2. The van der Waals surface area contributed by atoms with Crippen molar-refractivity contribution >= 4 is 17.5 Å². The summed E-state index contributed by atoms with van der Waals surface area (Å²) in [6.45, 7) is 1.93. The van der Waals surface area contributed by atoms with E-state index in [1.807, 2.05) is 43.3 Å². The van der Waals surface area contributed by atoms with E-state index in [9.17, 15) is 4.79 Å². The molecule has 0 aliphatic heterocycles. The molecule has 0 heterocycles. The summed E-state index contributed by atoms with van der Waals surface area (Å²) in [5.74, 6) is 1.19. The Morgan fingerprint density at radius 1 is 1.13 bits per heavy atom. The summed E-state index contributed by atoms with van der Waals surface area (Å²) in [5, 5.41) is 3.62. The van der Waals surface area contributed by atoms with E-state index >= 15 is 0 Å². The van der Waals surface area contributed by atoms with Gasteiger partial charge in [-0.1, -0.05) is 29.8 Å². The first kappa shape index (κ1) is 17.2. The second-order valence-corrected chi connectivity index (χ2v) is 5.65. The van der Waals surface area contributed by atoms with Crippen molar-refractivity contribution in [2.45, 2.75) is 19.4 Å². The third-order valence-electron chi connectivity index (χ3n) is 3.54. The minimum atomic E-state index is -0.110. The van der Waals surface area contributed by atoms with Crippen LogP contribution in [0, 0.1) is 0 Å². The average Bonchev–Trinajstić information content (AvgIpc) is 2.54. The molecule has 122 valence electrons. The molecule has 1 atom stereocenters. The van der Waals surface area contributed by atoms with E-state index in [1.54, 1.807) is 20.3 Å². The molecule has 0 bridgehead atoms. The van der Waals surface area contributed by atoms with Crippen LogP contribution in [0.5, 0.6) is 11.5 Å². The zero-order valence-corrected chi connectivity index (χ0v) is 14.2. The lowest BCUT2D eigenvalue weighted by Gasteiger charge is -2.15. The Labute approximate surface area is 141 Å². The van der Waals surface area contributed by atoms with Crippen LogP contribution in [0.2, 0.25) is 5.02 Å². The number of rotatable bonds is 6. The Morgan fingerprint density at radius 3 is 2.52 bits per heavy atom. The molecule has 1 unspecified atom stereocenters. The number of ether oxygens (including phenoxy) is 2. The lowest BCUT2D eigenvalue weighted by Crippen LogP contribution is -2.28. The van der Waals surface area contributed by atoms with Gasteiger partial charge >= 0.3 is 0 Å². The highest BCUT2D eigenvalue weighted by molar-refractivity contribution is 6.30. The number of methoxy groups -OCH3 is 2. The number of amides is 1. The first-order chi connectivity index (χ1) is 11.0. The van der Waals surface area contributed by atoms with Gasteiger partial charge < -0.3 is 14.8 Å². The van der Waals surface area contributed by atoms with E-state index in [0.717, 1.165) is 11.1 Å². The van der Waals surface area contributed by atoms with E-state index in [4.69, 9.17) is 21.1 Å². The first-order valence-electron chi connectivity index (χ1n) is 7.29. The molecule has 0 aliphatic carbocycles. The Kier molecular flexibility index (Phi) is 5.88. The van der Waals surface area contributed by atoms with Crippen LogP contribution in [0.1, 0.15) is 24.1 Å². The molecule has 0 saturated carbocycles. The number of halogens is 1. The van der Waals surface area contributed by atoms with Gasteiger partial charge in [-0.3, -0.25) is 4.79 Å². The molecule has 1 amide bonds. The second kappa shape index (κ2) is 7.88. The summed E-state index contributed by atoms with van der Waals surface area (Å²) in [6.07, 6.45) is 0.269. The van der Waals surface area contributed by atoms with Gasteiger partial charge in [0.25, 0.3) is 0 Å². The topological polar surface area (TPSA) is 47.6 Å². The summed E-state index contributed by atoms with van der Waals surface area (Å²) in [6, 6.07) is 12.8. The van der Waals surface area contributed by atoms with Gasteiger partial charge in [0.2, 0.25) is 5.91 Å². The predicted octanol–water partition coefficient (Wildman–Crippen LogP) is 3.78. The molecule has 2 rings (SSSR count). The zero-order chi connectivity index (χ0) is 16.8. The van der Waals surface area contributed by atoms with Crippen molar-refractivity contribution in [1.29, 1.82) is 0 Å². The fraction of sp³-hybridized carbons (Fsp3) is 0.278. The second-order valence-electron chi connectivity index (χ2n) is 5.21. The maximum atomic E-state index is 12.2. The van der Waals surface area contributed by atoms with Crippen LogP contribution in [-0.2, 0) is 11.2 Å². The van der Waals surface area contributed by atoms with Crippen LogP contribution in [0.15, 0.2) is 42.5 Å². The van der Waals surface area contributed by atoms with Gasteiger partial charge in [0.15, 0.2) is 11.5 Å². The van der Waals surface area contributed by atoms with E-state index in [1.165, 1.54) is 0 Å². The van der Waals surface area contributed by atoms with Crippen molar-refractivity contribution in [1.82, 2.24) is 5.32 Å². The van der Waals surface area contributed by atoms with Gasteiger partial charge in [0, 0.05) is 5.02 Å². The lowest BCUT2D eigenvalue weighted by molar-refractivity contribution is -0.121. The van der Waals surface area contributed by atoms with Gasteiger partial charge in [-0.05, 0) is 42.3 Å². The third-order valence-corrected chi connectivity index (χ3v) is 3.77. The molecular formula is C18H20ClNO3. The van der Waals surface area contributed by atoms with E-state index in [-0.39, 0.29) is 18.4 Å². The van der Waals surface area contributed by atoms with Crippen LogP contribution in [0.25, 0.3) is 0 Å². The highest BCUT2D eigenvalue weighted by Gasteiger charge is 2.12. The maximum Gasteiger partial charge on any atom is 0.224 e. The van der Waals surface area contributed by atoms with Crippen molar-refractivity contribution in [3.05, 3.63) is 58.6 Å². The van der Waals surface area contributed by atoms with Crippen LogP contribution >= 0.6 is 11.6 Å². The molecule has 23 heavy (non-hydrogen) atoms. The Morgan fingerprint density at radius 2 is 1.87 bits per heavy atom. The lowest BCUT2D eigenvalue weighted by atomic mass is 10.1. The number of hydrogen-bond acceptors (Lipinski definition) is 3. The number of benzene rings is 2. The molecule has 0 aliphatic rings. The molecule has 2 aromatic carbocycles. The molecule has 0 aromatic heterocycles. The molecule has 0 radical (unpaired) electrons. The zero-order valence-electron chi connectivity index (χ0n) is 13.4. The normalized spacial score (nSPS) is 11.7. The van der Waals surface area contributed by atoms with Crippen LogP contribution in [-0.4, -0.2) is 20.1 Å². The summed E-state index contributed by atoms with van der Waals surface area (Å²) >= 11 is 5.98. The predicted molar refractivity (Wildman–Crippen MR) is 91.3 cm³/mol. The summed E-state index contributed by atoms with van der Waals surface area (Å²) < 4.78 is 10.4. The molecule has 0 fully saturated rings. The molecule has 5 heteroatoms. The largest absolute Gasteiger partial charge is 0.493 e. The van der Waals surface area contributed by atoms with E-state index in [2.05, 4.69) is 5.32 Å². The van der Waals surface area contributed by atoms with Crippen molar-refractivity contribution in [3.8, 4) is 11.5 Å². The highest BCUT2D eigenvalue weighted by Crippen LogP contribution is 2.27. The fourth-order valence-electron chi connectivity index (χ4n) is 2.33. The molecular weight excluding hydrogens is 314 g/mol. The minimum Gasteiger partial charge on any atom is -0.493 e. The molecule has 4 nitrogen and oxygen atoms in total. The maximum absolute atomic E-state index is 12.2.